The molecule has 0 bridgehead atoms. The van der Waals surface area contributed by atoms with Crippen LogP contribution in [0.25, 0.3) is 0 Å². The van der Waals surface area contributed by atoms with Gasteiger partial charge in [0.05, 0.1) is 21.3 Å². The number of carbonyl (C=O) groups excluding carboxylic acids is 1. The molecule has 8 heteroatoms. The summed E-state index contributed by atoms with van der Waals surface area (Å²) in [6.45, 7) is 3.47. The van der Waals surface area contributed by atoms with Gasteiger partial charge in [0, 0.05) is 51.1 Å². The lowest BCUT2D eigenvalue weighted by atomic mass is 10.1. The first-order valence-corrected chi connectivity index (χ1v) is 9.00. The molecule has 8 nitrogen and oxygen atoms in total. The molecule has 1 heterocycles. The maximum absolute atomic E-state index is 12.2. The number of carboxylic acid groups (broad SMARTS) is 1. The number of ether oxygens (including phenoxy) is 3. The van der Waals surface area contributed by atoms with E-state index in [-0.39, 0.29) is 18.7 Å². The SMILES string of the molecule is COc1ccc(CN2CCN(C(=O)CCCC(=O)O)CC2)c(OC)c1OC. The quantitative estimate of drug-likeness (QED) is 0.696. The van der Waals surface area contributed by atoms with E-state index in [1.165, 1.54) is 0 Å². The summed E-state index contributed by atoms with van der Waals surface area (Å²) in [6.07, 6.45) is 0.706. The predicted octanol–water partition coefficient (Wildman–Crippen LogP) is 1.61. The smallest absolute Gasteiger partial charge is 0.303 e. The van der Waals surface area contributed by atoms with Gasteiger partial charge in [-0.05, 0) is 12.5 Å². The van der Waals surface area contributed by atoms with Crippen LogP contribution in [0.1, 0.15) is 24.8 Å². The normalized spacial score (nSPS) is 14.7. The van der Waals surface area contributed by atoms with Gasteiger partial charge in [-0.1, -0.05) is 6.07 Å². The van der Waals surface area contributed by atoms with Gasteiger partial charge >= 0.3 is 5.97 Å². The number of nitrogens with zero attached hydrogens (tertiary/aromatic N) is 2. The van der Waals surface area contributed by atoms with E-state index >= 15 is 0 Å². The average Bonchev–Trinajstić information content (AvgIpc) is 2.67. The van der Waals surface area contributed by atoms with Crippen molar-refractivity contribution in [2.75, 3.05) is 47.5 Å². The lowest BCUT2D eigenvalue weighted by Crippen LogP contribution is -2.48. The summed E-state index contributed by atoms with van der Waals surface area (Å²) in [6, 6.07) is 3.82. The van der Waals surface area contributed by atoms with E-state index in [0.717, 1.165) is 18.7 Å². The Hall–Kier alpha value is -2.48. The first-order valence-electron chi connectivity index (χ1n) is 9.00. The van der Waals surface area contributed by atoms with Gasteiger partial charge in [0.1, 0.15) is 0 Å². The Labute approximate surface area is 159 Å². The molecule has 2 rings (SSSR count). The number of rotatable bonds is 9. The second-order valence-electron chi connectivity index (χ2n) is 6.40. The van der Waals surface area contributed by atoms with Crippen LogP contribution in [0, 0.1) is 0 Å². The van der Waals surface area contributed by atoms with Gasteiger partial charge in [-0.2, -0.15) is 0 Å². The number of hydrogen-bond acceptors (Lipinski definition) is 6. The average molecular weight is 380 g/mol. The maximum atomic E-state index is 12.2. The van der Waals surface area contributed by atoms with Crippen molar-refractivity contribution in [3.63, 3.8) is 0 Å². The molecule has 0 saturated carbocycles. The van der Waals surface area contributed by atoms with E-state index in [4.69, 9.17) is 19.3 Å². The van der Waals surface area contributed by atoms with Crippen LogP contribution in [0.15, 0.2) is 12.1 Å². The highest BCUT2D eigenvalue weighted by atomic mass is 16.5. The molecule has 27 heavy (non-hydrogen) atoms. The van der Waals surface area contributed by atoms with E-state index in [0.29, 0.717) is 43.3 Å². The fourth-order valence-corrected chi connectivity index (χ4v) is 3.23. The second-order valence-corrected chi connectivity index (χ2v) is 6.40. The lowest BCUT2D eigenvalue weighted by Gasteiger charge is -2.35. The first-order chi connectivity index (χ1) is 13.0. The summed E-state index contributed by atoms with van der Waals surface area (Å²) < 4.78 is 16.3. The number of carbonyl (C=O) groups is 2. The molecule has 1 N–H and O–H groups in total. The van der Waals surface area contributed by atoms with E-state index in [1.54, 1.807) is 21.3 Å². The summed E-state index contributed by atoms with van der Waals surface area (Å²) in [7, 11) is 4.77. The summed E-state index contributed by atoms with van der Waals surface area (Å²) in [5, 5.41) is 8.67. The third-order valence-electron chi connectivity index (χ3n) is 4.69. The van der Waals surface area contributed by atoms with Gasteiger partial charge in [0.15, 0.2) is 11.5 Å². The molecule has 0 radical (unpaired) electrons. The molecule has 1 aromatic carbocycles. The van der Waals surface area contributed by atoms with Crippen molar-refractivity contribution in [1.29, 1.82) is 0 Å². The van der Waals surface area contributed by atoms with Crippen molar-refractivity contribution in [3.05, 3.63) is 17.7 Å². The minimum Gasteiger partial charge on any atom is -0.493 e. The van der Waals surface area contributed by atoms with Crippen molar-refractivity contribution in [2.45, 2.75) is 25.8 Å². The Bertz CT molecular complexity index is 656. The molecule has 1 aliphatic heterocycles. The third-order valence-corrected chi connectivity index (χ3v) is 4.69. The Balaban J connectivity index is 1.92. The van der Waals surface area contributed by atoms with Gasteiger partial charge in [0.25, 0.3) is 0 Å². The molecule has 0 atom stereocenters. The number of carboxylic acids is 1. The number of hydrogen-bond donors (Lipinski definition) is 1. The van der Waals surface area contributed by atoms with Gasteiger partial charge in [-0.3, -0.25) is 14.5 Å². The van der Waals surface area contributed by atoms with Crippen LogP contribution < -0.4 is 14.2 Å². The zero-order chi connectivity index (χ0) is 19.8. The van der Waals surface area contributed by atoms with E-state index in [2.05, 4.69) is 4.90 Å². The molecule has 0 aromatic heterocycles. The zero-order valence-electron chi connectivity index (χ0n) is 16.2. The van der Waals surface area contributed by atoms with E-state index in [1.807, 2.05) is 17.0 Å². The third kappa shape index (κ3) is 5.50. The molecule has 1 amide bonds. The fourth-order valence-electron chi connectivity index (χ4n) is 3.23. The summed E-state index contributed by atoms with van der Waals surface area (Å²) in [5.74, 6) is 1.01. The van der Waals surface area contributed by atoms with E-state index in [9.17, 15) is 9.59 Å². The fraction of sp³-hybridized carbons (Fsp3) is 0.579. The Kier molecular flexibility index (Phi) is 7.72. The number of amides is 1. The highest BCUT2D eigenvalue weighted by Crippen LogP contribution is 2.40. The highest BCUT2D eigenvalue weighted by molar-refractivity contribution is 5.77. The monoisotopic (exact) mass is 380 g/mol. The molecule has 0 unspecified atom stereocenters. The van der Waals surface area contributed by atoms with Crippen LogP contribution in [0.3, 0.4) is 0 Å². The summed E-state index contributed by atoms with van der Waals surface area (Å²) in [4.78, 5) is 26.8. The van der Waals surface area contributed by atoms with E-state index < -0.39 is 5.97 Å². The topological polar surface area (TPSA) is 88.5 Å². The van der Waals surface area contributed by atoms with Crippen LogP contribution in [-0.4, -0.2) is 74.3 Å². The largest absolute Gasteiger partial charge is 0.493 e. The van der Waals surface area contributed by atoms with Crippen molar-refractivity contribution in [1.82, 2.24) is 9.80 Å². The number of piperazine rings is 1. The van der Waals surface area contributed by atoms with Crippen molar-refractivity contribution < 1.29 is 28.9 Å². The summed E-state index contributed by atoms with van der Waals surface area (Å²) >= 11 is 0. The highest BCUT2D eigenvalue weighted by Gasteiger charge is 2.23. The molecule has 0 spiro atoms. The van der Waals surface area contributed by atoms with Crippen molar-refractivity contribution in [3.8, 4) is 17.2 Å². The molecular formula is C19H28N2O6. The molecule has 1 fully saturated rings. The predicted molar refractivity (Wildman–Crippen MR) is 99.4 cm³/mol. The van der Waals surface area contributed by atoms with Gasteiger partial charge in [-0.15, -0.1) is 0 Å². The first kappa shape index (κ1) is 20.8. The maximum Gasteiger partial charge on any atom is 0.303 e. The van der Waals surface area contributed by atoms with Crippen molar-refractivity contribution >= 4 is 11.9 Å². The molecular weight excluding hydrogens is 352 g/mol. The second kappa shape index (κ2) is 10.0. The number of aliphatic carboxylic acids is 1. The van der Waals surface area contributed by atoms with Crippen LogP contribution in [0.2, 0.25) is 0 Å². The standard InChI is InChI=1S/C19H28N2O6/c1-25-15-8-7-14(18(26-2)19(15)27-3)13-20-9-11-21(12-10-20)16(22)5-4-6-17(23)24/h7-8H,4-6,9-13H2,1-3H3,(H,23,24). The van der Waals surface area contributed by atoms with Crippen LogP contribution in [0.5, 0.6) is 17.2 Å². The lowest BCUT2D eigenvalue weighted by molar-refractivity contribution is -0.137. The zero-order valence-corrected chi connectivity index (χ0v) is 16.2. The molecule has 1 saturated heterocycles. The molecule has 150 valence electrons. The minimum atomic E-state index is -0.864. The molecule has 1 aliphatic rings. The van der Waals surface area contributed by atoms with Gasteiger partial charge in [0.2, 0.25) is 11.7 Å². The number of methoxy groups -OCH3 is 3. The van der Waals surface area contributed by atoms with Crippen LogP contribution >= 0.6 is 0 Å². The Morgan fingerprint density at radius 2 is 1.63 bits per heavy atom. The van der Waals surface area contributed by atoms with Gasteiger partial charge in [-0.25, -0.2) is 0 Å². The van der Waals surface area contributed by atoms with Crippen LogP contribution in [-0.2, 0) is 16.1 Å². The Morgan fingerprint density at radius 3 is 2.19 bits per heavy atom. The Morgan fingerprint density at radius 1 is 0.963 bits per heavy atom. The summed E-state index contributed by atoms with van der Waals surface area (Å²) in [5.41, 5.74) is 0.997. The minimum absolute atomic E-state index is 0.0274. The van der Waals surface area contributed by atoms with Gasteiger partial charge < -0.3 is 24.2 Å². The number of benzene rings is 1. The van der Waals surface area contributed by atoms with Crippen molar-refractivity contribution in [2.24, 2.45) is 0 Å². The van der Waals surface area contributed by atoms with Crippen LogP contribution in [0.4, 0.5) is 0 Å². The molecule has 1 aromatic rings. The molecule has 0 aliphatic carbocycles.